The smallest absolute Gasteiger partial charge is 0.341 e. The third kappa shape index (κ3) is 7.64. The van der Waals surface area contributed by atoms with Gasteiger partial charge in [-0.3, -0.25) is 19.2 Å². The fourth-order valence-corrected chi connectivity index (χ4v) is 4.41. The highest BCUT2D eigenvalue weighted by Gasteiger charge is 2.27. The molecule has 35 heavy (non-hydrogen) atoms. The van der Waals surface area contributed by atoms with E-state index in [1.54, 1.807) is 52.2 Å². The summed E-state index contributed by atoms with van der Waals surface area (Å²) in [7, 11) is 3.15. The lowest BCUT2D eigenvalue weighted by atomic mass is 10.0. The highest BCUT2D eigenvalue weighted by Crippen LogP contribution is 2.34. The first-order valence-electron chi connectivity index (χ1n) is 10.8. The highest BCUT2D eigenvalue weighted by molar-refractivity contribution is 7.18. The minimum Gasteiger partial charge on any atom is -0.462 e. The van der Waals surface area contributed by atoms with Gasteiger partial charge >= 0.3 is 11.9 Å². The Morgan fingerprint density at radius 1 is 1.06 bits per heavy atom. The lowest BCUT2D eigenvalue weighted by molar-refractivity contribution is -0.148. The van der Waals surface area contributed by atoms with E-state index in [1.165, 1.54) is 11.8 Å². The van der Waals surface area contributed by atoms with Crippen molar-refractivity contribution >= 4 is 46.0 Å². The monoisotopic (exact) mass is 503 g/mol. The van der Waals surface area contributed by atoms with Crippen molar-refractivity contribution < 1.29 is 33.4 Å². The summed E-state index contributed by atoms with van der Waals surface area (Å²) >= 11 is 0.942. The van der Waals surface area contributed by atoms with E-state index in [1.807, 2.05) is 6.07 Å². The number of amides is 3. The molecule has 0 radical (unpaired) electrons. The summed E-state index contributed by atoms with van der Waals surface area (Å²) in [5, 5.41) is 5.36. The van der Waals surface area contributed by atoms with E-state index in [0.29, 0.717) is 5.56 Å². The molecule has 0 saturated carbocycles. The molecule has 1 atom stereocenters. The van der Waals surface area contributed by atoms with E-state index in [0.717, 1.165) is 16.9 Å². The predicted molar refractivity (Wildman–Crippen MR) is 130 cm³/mol. The first-order valence-corrected chi connectivity index (χ1v) is 11.7. The lowest BCUT2D eigenvalue weighted by Crippen LogP contribution is -2.29. The summed E-state index contributed by atoms with van der Waals surface area (Å²) in [6.07, 6.45) is -0.176. The Bertz CT molecular complexity index is 1100. The molecule has 0 saturated heterocycles. The van der Waals surface area contributed by atoms with Crippen LogP contribution in [0.4, 0.5) is 5.00 Å². The molecule has 2 aromatic rings. The van der Waals surface area contributed by atoms with Crippen LogP contribution in [0.25, 0.3) is 0 Å². The zero-order valence-corrected chi connectivity index (χ0v) is 21.1. The topological polar surface area (TPSA) is 131 Å². The van der Waals surface area contributed by atoms with E-state index < -0.39 is 30.5 Å². The second-order valence-corrected chi connectivity index (χ2v) is 8.78. The van der Waals surface area contributed by atoms with Crippen molar-refractivity contribution in [2.75, 3.05) is 32.6 Å². The number of hydrogen-bond acceptors (Lipinski definition) is 8. The lowest BCUT2D eigenvalue weighted by Gasteiger charge is -2.17. The van der Waals surface area contributed by atoms with Crippen LogP contribution in [-0.4, -0.2) is 61.9 Å². The van der Waals surface area contributed by atoms with Gasteiger partial charge in [-0.25, -0.2) is 4.79 Å². The van der Waals surface area contributed by atoms with E-state index >= 15 is 0 Å². The van der Waals surface area contributed by atoms with Gasteiger partial charge in [0.15, 0.2) is 6.61 Å². The number of hydrogen-bond donors (Lipinski definition) is 2. The van der Waals surface area contributed by atoms with E-state index in [-0.39, 0.29) is 40.3 Å². The summed E-state index contributed by atoms with van der Waals surface area (Å²) in [6.45, 7) is 4.09. The van der Waals surface area contributed by atoms with Crippen LogP contribution < -0.4 is 10.6 Å². The molecule has 0 aliphatic carbocycles. The van der Waals surface area contributed by atoms with Crippen molar-refractivity contribution in [3.05, 3.63) is 51.9 Å². The molecule has 10 nitrogen and oxygen atoms in total. The number of ether oxygens (including phenoxy) is 2. The number of benzene rings is 1. The number of nitrogens with one attached hydrogen (secondary N) is 2. The first kappa shape index (κ1) is 27.5. The van der Waals surface area contributed by atoms with E-state index in [9.17, 15) is 24.0 Å². The van der Waals surface area contributed by atoms with Crippen LogP contribution in [0.3, 0.4) is 0 Å². The molecule has 188 valence electrons. The Balaban J connectivity index is 2.10. The van der Waals surface area contributed by atoms with Gasteiger partial charge in [-0.1, -0.05) is 30.3 Å². The molecule has 1 heterocycles. The molecule has 3 amide bonds. The zero-order valence-electron chi connectivity index (χ0n) is 20.3. The van der Waals surface area contributed by atoms with Gasteiger partial charge < -0.3 is 25.0 Å². The molecule has 2 rings (SSSR count). The van der Waals surface area contributed by atoms with Gasteiger partial charge in [0.25, 0.3) is 11.8 Å². The number of nitrogens with zero attached hydrogens (tertiary/aromatic N) is 1. The molecule has 0 aliphatic heterocycles. The Kier molecular flexibility index (Phi) is 9.95. The second kappa shape index (κ2) is 12.7. The van der Waals surface area contributed by atoms with Gasteiger partial charge in [-0.2, -0.15) is 0 Å². The number of carbonyl (C=O) groups is 5. The maximum atomic E-state index is 12.5. The van der Waals surface area contributed by atoms with Gasteiger partial charge in [0, 0.05) is 21.0 Å². The summed E-state index contributed by atoms with van der Waals surface area (Å²) in [6, 6.07) is 8.29. The zero-order chi connectivity index (χ0) is 26.1. The highest BCUT2D eigenvalue weighted by atomic mass is 32.1. The number of thiophene rings is 1. The molecule has 0 bridgehead atoms. The van der Waals surface area contributed by atoms with Crippen molar-refractivity contribution in [2.45, 2.75) is 33.2 Å². The maximum Gasteiger partial charge on any atom is 0.341 e. The van der Waals surface area contributed by atoms with Crippen LogP contribution >= 0.6 is 11.3 Å². The van der Waals surface area contributed by atoms with Gasteiger partial charge in [-0.15, -0.1) is 11.3 Å². The number of rotatable bonds is 10. The quantitative estimate of drug-likeness (QED) is 0.477. The molecule has 1 aromatic heterocycles. The second-order valence-electron chi connectivity index (χ2n) is 7.76. The first-order chi connectivity index (χ1) is 16.5. The molecular weight excluding hydrogens is 474 g/mol. The molecule has 1 aromatic carbocycles. The van der Waals surface area contributed by atoms with Crippen LogP contribution in [0, 0.1) is 6.92 Å². The Labute approximate surface area is 207 Å². The number of esters is 2. The minimum absolute atomic E-state index is 0.0801. The number of anilines is 1. The molecular formula is C24H29N3O7S. The van der Waals surface area contributed by atoms with Crippen LogP contribution in [0.1, 0.15) is 57.5 Å². The average Bonchev–Trinajstić information content (AvgIpc) is 3.12. The summed E-state index contributed by atoms with van der Waals surface area (Å²) in [5.74, 6) is -2.70. The molecule has 0 fully saturated rings. The van der Waals surface area contributed by atoms with Crippen molar-refractivity contribution in [1.82, 2.24) is 10.2 Å². The van der Waals surface area contributed by atoms with Gasteiger partial charge in [0.2, 0.25) is 5.91 Å². The minimum atomic E-state index is -0.695. The van der Waals surface area contributed by atoms with Crippen molar-refractivity contribution in [3.63, 3.8) is 0 Å². The molecule has 2 N–H and O–H groups in total. The fourth-order valence-electron chi connectivity index (χ4n) is 3.17. The molecule has 1 unspecified atom stereocenters. The summed E-state index contributed by atoms with van der Waals surface area (Å²) in [5.41, 5.74) is 1.19. The molecule has 0 spiro atoms. The Morgan fingerprint density at radius 2 is 1.71 bits per heavy atom. The van der Waals surface area contributed by atoms with Crippen LogP contribution in [0.5, 0.6) is 0 Å². The third-order valence-corrected chi connectivity index (χ3v) is 5.99. The van der Waals surface area contributed by atoms with E-state index in [4.69, 9.17) is 9.47 Å². The van der Waals surface area contributed by atoms with Gasteiger partial charge in [0.05, 0.1) is 29.5 Å². The van der Waals surface area contributed by atoms with Gasteiger partial charge in [-0.05, 0) is 25.0 Å². The SMILES string of the molecule is CCOC(=O)c1c(NC(=O)COC(=O)CC(NC(C)=O)c2ccccc2)sc(C(=O)N(C)C)c1C. The van der Waals surface area contributed by atoms with Crippen molar-refractivity contribution in [3.8, 4) is 0 Å². The van der Waals surface area contributed by atoms with Crippen LogP contribution in [0.15, 0.2) is 30.3 Å². The third-order valence-electron chi connectivity index (χ3n) is 4.79. The fraction of sp³-hybridized carbons (Fsp3) is 0.375. The largest absolute Gasteiger partial charge is 0.462 e. The number of carbonyl (C=O) groups excluding carboxylic acids is 5. The van der Waals surface area contributed by atoms with E-state index in [2.05, 4.69) is 10.6 Å². The molecule has 11 heteroatoms. The van der Waals surface area contributed by atoms with Crippen LogP contribution in [0.2, 0.25) is 0 Å². The maximum absolute atomic E-state index is 12.5. The predicted octanol–water partition coefficient (Wildman–Crippen LogP) is 2.68. The van der Waals surface area contributed by atoms with Crippen LogP contribution in [-0.2, 0) is 23.9 Å². The Morgan fingerprint density at radius 3 is 2.29 bits per heavy atom. The summed E-state index contributed by atoms with van der Waals surface area (Å²) in [4.78, 5) is 63.0. The normalized spacial score (nSPS) is 11.2. The standard InChI is InChI=1S/C24H29N3O7S/c1-6-33-24(32)20-14(2)21(23(31)27(4)5)35-22(20)26-18(29)13-34-19(30)12-17(25-15(3)28)16-10-8-7-9-11-16/h7-11,17H,6,12-13H2,1-5H3,(H,25,28)(H,26,29). The summed E-state index contributed by atoms with van der Waals surface area (Å²) < 4.78 is 10.2. The average molecular weight is 504 g/mol. The molecule has 0 aliphatic rings. The van der Waals surface area contributed by atoms with Crippen molar-refractivity contribution in [2.24, 2.45) is 0 Å². The van der Waals surface area contributed by atoms with Gasteiger partial charge in [0.1, 0.15) is 5.00 Å². The van der Waals surface area contributed by atoms with Crippen molar-refractivity contribution in [1.29, 1.82) is 0 Å². The Hall–Kier alpha value is -3.73.